The summed E-state index contributed by atoms with van der Waals surface area (Å²) in [7, 11) is -1.56. The summed E-state index contributed by atoms with van der Waals surface area (Å²) < 4.78 is 33.9. The maximum atomic E-state index is 12.5. The minimum Gasteiger partial charge on any atom is -0.378 e. The molecule has 0 atom stereocenters. The van der Waals surface area contributed by atoms with Crippen molar-refractivity contribution in [3.63, 3.8) is 0 Å². The SMILES string of the molecule is CN=C(NCCc1nnc2ccccn12)N1CCN(S(=O)(=O)CCOC(C)C)CC1.I. The Hall–Kier alpha value is -1.51. The second-order valence-corrected chi connectivity index (χ2v) is 9.48. The second-order valence-electron chi connectivity index (χ2n) is 7.39. The molecule has 2 aromatic heterocycles. The highest BCUT2D eigenvalue weighted by Crippen LogP contribution is 2.09. The largest absolute Gasteiger partial charge is 0.378 e. The molecule has 2 aromatic rings. The lowest BCUT2D eigenvalue weighted by atomic mass is 10.3. The van der Waals surface area contributed by atoms with Gasteiger partial charge in [0.2, 0.25) is 10.0 Å². The molecular weight excluding hydrogens is 533 g/mol. The number of rotatable bonds is 8. The van der Waals surface area contributed by atoms with Crippen LogP contribution in [0.3, 0.4) is 0 Å². The molecule has 0 saturated carbocycles. The van der Waals surface area contributed by atoms with Gasteiger partial charge < -0.3 is 15.0 Å². The zero-order valence-electron chi connectivity index (χ0n) is 18.3. The lowest BCUT2D eigenvalue weighted by Crippen LogP contribution is -2.54. The summed E-state index contributed by atoms with van der Waals surface area (Å²) in [4.78, 5) is 6.43. The molecule has 1 N–H and O–H groups in total. The van der Waals surface area contributed by atoms with E-state index in [1.54, 1.807) is 11.4 Å². The van der Waals surface area contributed by atoms with Crippen molar-refractivity contribution in [2.24, 2.45) is 4.99 Å². The van der Waals surface area contributed by atoms with Crippen LogP contribution in [0.4, 0.5) is 0 Å². The van der Waals surface area contributed by atoms with Gasteiger partial charge in [-0.05, 0) is 26.0 Å². The number of hydrogen-bond acceptors (Lipinski definition) is 6. The molecule has 0 amide bonds. The normalized spacial score (nSPS) is 16.0. The fraction of sp³-hybridized carbons (Fsp3) is 0.632. The van der Waals surface area contributed by atoms with Crippen LogP contribution in [0.2, 0.25) is 0 Å². The molecule has 1 fully saturated rings. The molecule has 0 spiro atoms. The number of guanidine groups is 1. The number of sulfonamides is 1. The summed E-state index contributed by atoms with van der Waals surface area (Å²) >= 11 is 0. The highest BCUT2D eigenvalue weighted by Gasteiger charge is 2.28. The van der Waals surface area contributed by atoms with Gasteiger partial charge in [0.15, 0.2) is 11.6 Å². The number of aromatic nitrogens is 3. The van der Waals surface area contributed by atoms with Crippen molar-refractivity contribution in [1.29, 1.82) is 0 Å². The van der Waals surface area contributed by atoms with Crippen LogP contribution in [0.1, 0.15) is 19.7 Å². The minimum absolute atomic E-state index is 0. The first-order valence-electron chi connectivity index (χ1n) is 10.2. The predicted octanol–water partition coefficient (Wildman–Crippen LogP) is 0.838. The van der Waals surface area contributed by atoms with Gasteiger partial charge in [-0.1, -0.05) is 6.07 Å². The number of hydrogen-bond donors (Lipinski definition) is 1. The maximum absolute atomic E-state index is 12.5. The van der Waals surface area contributed by atoms with Crippen LogP contribution in [-0.4, -0.2) is 96.4 Å². The van der Waals surface area contributed by atoms with Crippen LogP contribution in [0.15, 0.2) is 29.4 Å². The summed E-state index contributed by atoms with van der Waals surface area (Å²) in [6.07, 6.45) is 2.68. The van der Waals surface area contributed by atoms with Gasteiger partial charge in [-0.25, -0.2) is 8.42 Å². The van der Waals surface area contributed by atoms with E-state index in [1.165, 1.54) is 0 Å². The Bertz CT molecular complexity index is 956. The molecule has 1 saturated heterocycles. The second kappa shape index (κ2) is 11.9. The average molecular weight is 565 g/mol. The number of nitrogens with one attached hydrogen (secondary N) is 1. The highest BCUT2D eigenvalue weighted by atomic mass is 127. The van der Waals surface area contributed by atoms with Crippen molar-refractivity contribution >= 4 is 45.6 Å². The third-order valence-electron chi connectivity index (χ3n) is 4.95. The van der Waals surface area contributed by atoms with Crippen molar-refractivity contribution in [2.75, 3.05) is 52.1 Å². The van der Waals surface area contributed by atoms with Crippen molar-refractivity contribution in [1.82, 2.24) is 29.1 Å². The van der Waals surface area contributed by atoms with E-state index in [-0.39, 0.29) is 42.4 Å². The molecule has 0 bridgehead atoms. The summed E-state index contributed by atoms with van der Waals surface area (Å²) in [6.45, 7) is 6.76. The number of ether oxygens (including phenoxy) is 1. The Morgan fingerprint density at radius 1 is 1.23 bits per heavy atom. The van der Waals surface area contributed by atoms with Crippen molar-refractivity contribution in [3.8, 4) is 0 Å². The van der Waals surface area contributed by atoms with Crippen LogP contribution >= 0.6 is 24.0 Å². The molecule has 174 valence electrons. The topological polar surface area (TPSA) is 104 Å². The summed E-state index contributed by atoms with van der Waals surface area (Å²) in [5, 5.41) is 11.7. The van der Waals surface area contributed by atoms with E-state index in [0.29, 0.717) is 39.1 Å². The highest BCUT2D eigenvalue weighted by molar-refractivity contribution is 14.0. The van der Waals surface area contributed by atoms with Crippen LogP contribution in [0.25, 0.3) is 5.65 Å². The molecule has 3 heterocycles. The monoisotopic (exact) mass is 565 g/mol. The van der Waals surface area contributed by atoms with Crippen LogP contribution in [-0.2, 0) is 21.2 Å². The van der Waals surface area contributed by atoms with Gasteiger partial charge in [-0.3, -0.25) is 9.39 Å². The minimum atomic E-state index is -3.30. The molecule has 0 aromatic carbocycles. The van der Waals surface area contributed by atoms with Crippen molar-refractivity contribution < 1.29 is 13.2 Å². The molecule has 0 radical (unpaired) electrons. The first-order chi connectivity index (χ1) is 14.4. The number of halogens is 1. The zero-order chi connectivity index (χ0) is 21.6. The fourth-order valence-corrected chi connectivity index (χ4v) is 4.66. The van der Waals surface area contributed by atoms with Gasteiger partial charge in [-0.15, -0.1) is 34.2 Å². The molecular formula is C19H32IN7O3S. The maximum Gasteiger partial charge on any atom is 0.216 e. The summed E-state index contributed by atoms with van der Waals surface area (Å²) in [5.41, 5.74) is 0.827. The molecule has 12 heteroatoms. The van der Waals surface area contributed by atoms with E-state index in [2.05, 4.69) is 25.4 Å². The smallest absolute Gasteiger partial charge is 0.216 e. The Morgan fingerprint density at radius 2 is 1.97 bits per heavy atom. The number of pyridine rings is 1. The van der Waals surface area contributed by atoms with Gasteiger partial charge in [0.05, 0.1) is 18.5 Å². The Labute approximate surface area is 201 Å². The molecule has 1 aliphatic rings. The average Bonchev–Trinajstić information content (AvgIpc) is 3.14. The van der Waals surface area contributed by atoms with Crippen LogP contribution < -0.4 is 5.32 Å². The van der Waals surface area contributed by atoms with Gasteiger partial charge in [-0.2, -0.15) is 4.31 Å². The summed E-state index contributed by atoms with van der Waals surface area (Å²) in [5.74, 6) is 1.67. The Balaban J connectivity index is 0.00000341. The fourth-order valence-electron chi connectivity index (χ4n) is 3.38. The van der Waals surface area contributed by atoms with Crippen molar-refractivity contribution in [3.05, 3.63) is 30.2 Å². The number of piperazine rings is 1. The molecule has 1 aliphatic heterocycles. The summed E-state index contributed by atoms with van der Waals surface area (Å²) in [6, 6.07) is 5.81. The molecule has 0 aliphatic carbocycles. The third kappa shape index (κ3) is 6.99. The van der Waals surface area contributed by atoms with Gasteiger partial charge in [0.1, 0.15) is 5.82 Å². The Morgan fingerprint density at radius 3 is 2.65 bits per heavy atom. The molecule has 0 unspecified atom stereocenters. The van der Waals surface area contributed by atoms with Gasteiger partial charge in [0.25, 0.3) is 0 Å². The number of fused-ring (bicyclic) bond motifs is 1. The predicted molar refractivity (Wildman–Crippen MR) is 131 cm³/mol. The van der Waals surface area contributed by atoms with Gasteiger partial charge >= 0.3 is 0 Å². The first kappa shape index (κ1) is 25.7. The molecule has 3 rings (SSSR count). The zero-order valence-corrected chi connectivity index (χ0v) is 21.4. The lowest BCUT2D eigenvalue weighted by Gasteiger charge is -2.35. The first-order valence-corrected chi connectivity index (χ1v) is 11.9. The Kier molecular flexibility index (Phi) is 9.90. The van der Waals surface area contributed by atoms with E-state index in [4.69, 9.17) is 4.74 Å². The standard InChI is InChI=1S/C19H31N7O3S.HI/c1-16(2)29-14-15-30(27,28)25-12-10-24(11-13-25)19(20-3)21-8-7-18-23-22-17-6-4-5-9-26(17)18;/h4-6,9,16H,7-8,10-15H2,1-3H3,(H,20,21);1H. The number of aliphatic imine (C=N–C) groups is 1. The lowest BCUT2D eigenvalue weighted by molar-refractivity contribution is 0.0904. The van der Waals surface area contributed by atoms with Crippen LogP contribution in [0.5, 0.6) is 0 Å². The van der Waals surface area contributed by atoms with E-state index in [9.17, 15) is 8.42 Å². The van der Waals surface area contributed by atoms with E-state index >= 15 is 0 Å². The quantitative estimate of drug-likeness (QED) is 0.288. The van der Waals surface area contributed by atoms with E-state index in [0.717, 1.165) is 17.4 Å². The van der Waals surface area contributed by atoms with Crippen molar-refractivity contribution in [2.45, 2.75) is 26.4 Å². The van der Waals surface area contributed by atoms with E-state index in [1.807, 2.05) is 42.6 Å². The molecule has 31 heavy (non-hydrogen) atoms. The van der Waals surface area contributed by atoms with Gasteiger partial charge in [0, 0.05) is 52.4 Å². The third-order valence-corrected chi connectivity index (χ3v) is 6.79. The van der Waals surface area contributed by atoms with Crippen LogP contribution in [0, 0.1) is 0 Å². The number of nitrogens with zero attached hydrogens (tertiary/aromatic N) is 6. The van der Waals surface area contributed by atoms with E-state index < -0.39 is 10.0 Å². The molecule has 10 nitrogen and oxygen atoms in total.